The molecular formula is C24H29NO3. The second-order valence-corrected chi connectivity index (χ2v) is 8.08. The molecule has 2 aromatic carbocycles. The van der Waals surface area contributed by atoms with Gasteiger partial charge in [0.05, 0.1) is 7.11 Å². The summed E-state index contributed by atoms with van der Waals surface area (Å²) in [5.74, 6) is 2.63. The largest absolute Gasteiger partial charge is 0.496 e. The molecule has 0 saturated heterocycles. The van der Waals surface area contributed by atoms with Crippen molar-refractivity contribution < 1.29 is 14.3 Å². The summed E-state index contributed by atoms with van der Waals surface area (Å²) in [6.45, 7) is 2.28. The highest BCUT2D eigenvalue weighted by Gasteiger charge is 2.24. The third kappa shape index (κ3) is 4.07. The number of Topliss-reactive ketones (excluding diaryl/α,β-unsaturated/α-hetero) is 1. The maximum absolute atomic E-state index is 11.6. The number of ketones is 1. The lowest BCUT2D eigenvalue weighted by atomic mass is 9.82. The van der Waals surface area contributed by atoms with Crippen LogP contribution in [0.15, 0.2) is 36.4 Å². The maximum Gasteiger partial charge on any atom is 0.174 e. The molecule has 0 saturated carbocycles. The Morgan fingerprint density at radius 3 is 3.00 bits per heavy atom. The molecule has 4 heteroatoms. The van der Waals surface area contributed by atoms with Crippen LogP contribution in [0.2, 0.25) is 0 Å². The number of nitrogens with zero attached hydrogens (tertiary/aromatic N) is 1. The molecule has 1 unspecified atom stereocenters. The van der Waals surface area contributed by atoms with Crippen molar-refractivity contribution in [2.24, 2.45) is 0 Å². The van der Waals surface area contributed by atoms with Crippen molar-refractivity contribution in [2.45, 2.75) is 38.0 Å². The van der Waals surface area contributed by atoms with Crippen molar-refractivity contribution in [1.29, 1.82) is 0 Å². The van der Waals surface area contributed by atoms with Gasteiger partial charge in [0, 0.05) is 25.1 Å². The van der Waals surface area contributed by atoms with Gasteiger partial charge < -0.3 is 14.4 Å². The maximum atomic E-state index is 11.6. The molecule has 1 heterocycles. The predicted molar refractivity (Wildman–Crippen MR) is 111 cm³/mol. The standard InChI is InChI=1S/C24H29NO3/c1-25(12-11-17-9-10-23-19(13-17)14-20(26)16-28-23)15-18-5-3-7-22-21(18)6-4-8-24(22)27-2/h4,6,8-10,13,18H,3,5,7,11-12,14-16H2,1-2H3. The second kappa shape index (κ2) is 8.36. The number of hydrogen-bond acceptors (Lipinski definition) is 4. The summed E-state index contributed by atoms with van der Waals surface area (Å²) in [6.07, 6.45) is 5.07. The van der Waals surface area contributed by atoms with Gasteiger partial charge in [-0.05, 0) is 67.5 Å². The van der Waals surface area contributed by atoms with E-state index in [0.717, 1.165) is 43.0 Å². The van der Waals surface area contributed by atoms with Gasteiger partial charge >= 0.3 is 0 Å². The molecule has 0 amide bonds. The fourth-order valence-corrected chi connectivity index (χ4v) is 4.57. The molecule has 0 bridgehead atoms. The van der Waals surface area contributed by atoms with Crippen LogP contribution >= 0.6 is 0 Å². The first-order chi connectivity index (χ1) is 13.6. The quantitative estimate of drug-likeness (QED) is 0.765. The van der Waals surface area contributed by atoms with Crippen LogP contribution in [-0.4, -0.2) is 44.5 Å². The summed E-state index contributed by atoms with van der Waals surface area (Å²) in [7, 11) is 3.97. The number of ether oxygens (including phenoxy) is 2. The molecule has 4 rings (SSSR count). The highest BCUT2D eigenvalue weighted by Crippen LogP contribution is 2.37. The monoisotopic (exact) mass is 379 g/mol. The highest BCUT2D eigenvalue weighted by molar-refractivity contribution is 5.84. The van der Waals surface area contributed by atoms with E-state index in [-0.39, 0.29) is 12.4 Å². The zero-order valence-electron chi connectivity index (χ0n) is 16.9. The Hall–Kier alpha value is -2.33. The Morgan fingerprint density at radius 1 is 1.25 bits per heavy atom. The molecule has 0 radical (unpaired) electrons. The molecule has 148 valence electrons. The SMILES string of the molecule is COc1cccc2c1CCCC2CN(C)CCc1ccc2c(c1)CC(=O)CO2. The van der Waals surface area contributed by atoms with Crippen LogP contribution in [0.3, 0.4) is 0 Å². The smallest absolute Gasteiger partial charge is 0.174 e. The summed E-state index contributed by atoms with van der Waals surface area (Å²) in [4.78, 5) is 14.1. The summed E-state index contributed by atoms with van der Waals surface area (Å²) >= 11 is 0. The van der Waals surface area contributed by atoms with Gasteiger partial charge in [0.15, 0.2) is 5.78 Å². The van der Waals surface area contributed by atoms with Gasteiger partial charge in [-0.2, -0.15) is 0 Å². The minimum absolute atomic E-state index is 0.160. The summed E-state index contributed by atoms with van der Waals surface area (Å²) in [6, 6.07) is 12.8. The average molecular weight is 380 g/mol. The third-order valence-corrected chi connectivity index (χ3v) is 6.02. The average Bonchev–Trinajstić information content (AvgIpc) is 2.71. The molecule has 0 aromatic heterocycles. The number of benzene rings is 2. The van der Waals surface area contributed by atoms with Gasteiger partial charge in [-0.1, -0.05) is 24.3 Å². The first-order valence-corrected chi connectivity index (χ1v) is 10.2. The van der Waals surface area contributed by atoms with E-state index in [1.54, 1.807) is 7.11 Å². The second-order valence-electron chi connectivity index (χ2n) is 8.08. The number of hydrogen-bond donors (Lipinski definition) is 0. The van der Waals surface area contributed by atoms with Crippen LogP contribution in [0.5, 0.6) is 11.5 Å². The molecule has 2 aliphatic rings. The van der Waals surface area contributed by atoms with Crippen molar-refractivity contribution in [2.75, 3.05) is 33.9 Å². The van der Waals surface area contributed by atoms with Crippen molar-refractivity contribution in [3.05, 3.63) is 58.7 Å². The van der Waals surface area contributed by atoms with E-state index >= 15 is 0 Å². The molecule has 0 N–H and O–H groups in total. The summed E-state index contributed by atoms with van der Waals surface area (Å²) < 4.78 is 11.1. The van der Waals surface area contributed by atoms with Crippen LogP contribution in [0.4, 0.5) is 0 Å². The minimum Gasteiger partial charge on any atom is -0.496 e. The predicted octanol–water partition coefficient (Wildman–Crippen LogP) is 3.79. The number of carbonyl (C=O) groups is 1. The normalized spacial score (nSPS) is 18.4. The topological polar surface area (TPSA) is 38.8 Å². The van der Waals surface area contributed by atoms with Crippen molar-refractivity contribution >= 4 is 5.78 Å². The number of rotatable bonds is 6. The first-order valence-electron chi connectivity index (χ1n) is 10.2. The van der Waals surface area contributed by atoms with Gasteiger partial charge in [-0.25, -0.2) is 0 Å². The Bertz CT molecular complexity index is 861. The van der Waals surface area contributed by atoms with Crippen LogP contribution in [-0.2, 0) is 24.1 Å². The fraction of sp³-hybridized carbons (Fsp3) is 0.458. The molecular weight excluding hydrogens is 350 g/mol. The molecule has 2 aromatic rings. The highest BCUT2D eigenvalue weighted by atomic mass is 16.5. The van der Waals surface area contributed by atoms with Crippen LogP contribution in [0, 0.1) is 0 Å². The van der Waals surface area contributed by atoms with Crippen LogP contribution in [0.1, 0.15) is 41.0 Å². The molecule has 0 spiro atoms. The van der Waals surface area contributed by atoms with Crippen LogP contribution in [0.25, 0.3) is 0 Å². The van der Waals surface area contributed by atoms with Crippen LogP contribution < -0.4 is 9.47 Å². The fourth-order valence-electron chi connectivity index (χ4n) is 4.57. The van der Waals surface area contributed by atoms with Crippen molar-refractivity contribution in [3.63, 3.8) is 0 Å². The van der Waals surface area contributed by atoms with E-state index in [9.17, 15) is 4.79 Å². The van der Waals surface area contributed by atoms with E-state index < -0.39 is 0 Å². The van der Waals surface area contributed by atoms with Gasteiger partial charge in [0.1, 0.15) is 18.1 Å². The number of methoxy groups -OCH3 is 1. The Kier molecular flexibility index (Phi) is 5.67. The molecule has 1 atom stereocenters. The number of carbonyl (C=O) groups excluding carboxylic acids is 1. The van der Waals surface area contributed by atoms with E-state index in [1.807, 2.05) is 6.07 Å². The van der Waals surface area contributed by atoms with Crippen molar-refractivity contribution in [1.82, 2.24) is 4.90 Å². The lowest BCUT2D eigenvalue weighted by Crippen LogP contribution is -2.28. The first kappa shape index (κ1) is 19.0. The van der Waals surface area contributed by atoms with E-state index in [2.05, 4.69) is 42.3 Å². The number of fused-ring (bicyclic) bond motifs is 2. The summed E-state index contributed by atoms with van der Waals surface area (Å²) in [5.41, 5.74) is 5.16. The van der Waals surface area contributed by atoms with Crippen molar-refractivity contribution in [3.8, 4) is 11.5 Å². The minimum atomic E-state index is 0.160. The van der Waals surface area contributed by atoms with Gasteiger partial charge in [-0.3, -0.25) is 4.79 Å². The van der Waals surface area contributed by atoms with E-state index in [0.29, 0.717) is 12.3 Å². The molecule has 4 nitrogen and oxygen atoms in total. The van der Waals surface area contributed by atoms with Gasteiger partial charge in [0.2, 0.25) is 0 Å². The van der Waals surface area contributed by atoms with Gasteiger partial charge in [0.25, 0.3) is 0 Å². The van der Waals surface area contributed by atoms with Gasteiger partial charge in [-0.15, -0.1) is 0 Å². The van der Waals surface area contributed by atoms with E-state index in [1.165, 1.54) is 29.5 Å². The zero-order valence-corrected chi connectivity index (χ0v) is 16.9. The molecule has 1 aliphatic heterocycles. The molecule has 0 fully saturated rings. The Balaban J connectivity index is 1.38. The third-order valence-electron chi connectivity index (χ3n) is 6.02. The lowest BCUT2D eigenvalue weighted by molar-refractivity contribution is -0.121. The molecule has 28 heavy (non-hydrogen) atoms. The Morgan fingerprint density at radius 2 is 2.14 bits per heavy atom. The molecule has 1 aliphatic carbocycles. The number of likely N-dealkylation sites (N-methyl/N-ethyl adjacent to an activating group) is 1. The van der Waals surface area contributed by atoms with E-state index in [4.69, 9.17) is 9.47 Å². The summed E-state index contributed by atoms with van der Waals surface area (Å²) in [5, 5.41) is 0. The lowest BCUT2D eigenvalue weighted by Gasteiger charge is -2.30. The Labute approximate surface area is 167 Å². The zero-order chi connectivity index (χ0) is 19.5.